The van der Waals surface area contributed by atoms with E-state index in [1.807, 2.05) is 0 Å². The van der Waals surface area contributed by atoms with Crippen molar-refractivity contribution in [3.05, 3.63) is 0 Å². The summed E-state index contributed by atoms with van der Waals surface area (Å²) in [6, 6.07) is 0. The third-order valence-electron chi connectivity index (χ3n) is 0. The van der Waals surface area contributed by atoms with E-state index in [1.54, 1.807) is 0 Å². The molecule has 8 heteroatoms. The quantitative estimate of drug-likeness (QED) is 0.357. The molecule has 0 saturated heterocycles. The first-order chi connectivity index (χ1) is 2.00. The van der Waals surface area contributed by atoms with Crippen molar-refractivity contribution in [1.29, 1.82) is 0 Å². The van der Waals surface area contributed by atoms with Crippen LogP contribution in [0.1, 0.15) is 0 Å². The third-order valence-corrected chi connectivity index (χ3v) is 0. The Morgan fingerprint density at radius 3 is 1.12 bits per heavy atom. The molecule has 0 spiro atoms. The summed E-state index contributed by atoms with van der Waals surface area (Å²) in [5.74, 6) is 0. The molecule has 0 aliphatic carbocycles. The normalized spacial score (nSPS) is 7.38. The Morgan fingerprint density at radius 1 is 1.12 bits per heavy atom. The summed E-state index contributed by atoms with van der Waals surface area (Å²) in [5, 5.41) is 0. The predicted octanol–water partition coefficient (Wildman–Crippen LogP) is -2.00. The summed E-state index contributed by atoms with van der Waals surface area (Å²) in [6.45, 7) is 0. The molecular weight excluding hydrogens is 305 g/mol. The SMILES string of the molecule is O=P(O)(O)O.S.[Cu].[InH3]. The van der Waals surface area contributed by atoms with Gasteiger partial charge >= 0.3 is 33.7 Å². The Labute approximate surface area is 83.0 Å². The van der Waals surface area contributed by atoms with Crippen LogP contribution in [-0.2, 0) is 21.6 Å². The topological polar surface area (TPSA) is 77.8 Å². The molecule has 3 N–H and O–H groups in total. The maximum atomic E-state index is 8.88. The summed E-state index contributed by atoms with van der Waals surface area (Å²) in [7, 11) is -4.64. The van der Waals surface area contributed by atoms with Gasteiger partial charge < -0.3 is 14.7 Å². The van der Waals surface area contributed by atoms with E-state index < -0.39 is 7.82 Å². The van der Waals surface area contributed by atoms with E-state index in [-0.39, 0.29) is 56.4 Å². The molecule has 0 heterocycles. The zero-order chi connectivity index (χ0) is 4.50. The molecule has 0 unspecified atom stereocenters. The Bertz CT molecular complexity index is 62.2. The van der Waals surface area contributed by atoms with E-state index in [0.29, 0.717) is 0 Å². The zero-order valence-corrected chi connectivity index (χ0v) is 5.83. The molecule has 8 heavy (non-hydrogen) atoms. The first kappa shape index (κ1) is 22.5. The molecular formula is H8CuInO4PS. The van der Waals surface area contributed by atoms with Crippen molar-refractivity contribution in [1.82, 2.24) is 0 Å². The average molecular weight is 313 g/mol. The summed E-state index contributed by atoms with van der Waals surface area (Å²) in [6.07, 6.45) is 0. The second-order valence-corrected chi connectivity index (χ2v) is 1.54. The van der Waals surface area contributed by atoms with Crippen molar-refractivity contribution in [3.63, 3.8) is 0 Å². The van der Waals surface area contributed by atoms with Crippen LogP contribution in [-0.4, -0.2) is 40.5 Å². The molecule has 4 nitrogen and oxygen atoms in total. The van der Waals surface area contributed by atoms with Crippen LogP contribution in [0.25, 0.3) is 0 Å². The minimum atomic E-state index is -4.64. The van der Waals surface area contributed by atoms with Crippen molar-refractivity contribution < 1.29 is 36.3 Å². The van der Waals surface area contributed by atoms with E-state index in [9.17, 15) is 0 Å². The Kier molecular flexibility index (Phi) is 24.9. The van der Waals surface area contributed by atoms with Crippen LogP contribution >= 0.6 is 21.3 Å². The van der Waals surface area contributed by atoms with Gasteiger partial charge in [-0.3, -0.25) is 0 Å². The number of hydrogen-bond acceptors (Lipinski definition) is 1. The van der Waals surface area contributed by atoms with Gasteiger partial charge in [0.15, 0.2) is 0 Å². The van der Waals surface area contributed by atoms with Crippen LogP contribution in [0.15, 0.2) is 0 Å². The van der Waals surface area contributed by atoms with E-state index in [4.69, 9.17) is 19.2 Å². The summed E-state index contributed by atoms with van der Waals surface area (Å²) >= 11 is 0. The fraction of sp³-hybridized carbons (Fsp3) is 0. The molecule has 1 radical (unpaired) electrons. The van der Waals surface area contributed by atoms with E-state index in [2.05, 4.69) is 0 Å². The molecule has 0 rings (SSSR count). The molecule has 0 atom stereocenters. The van der Waals surface area contributed by atoms with Gasteiger partial charge in [-0.15, -0.1) is 0 Å². The van der Waals surface area contributed by atoms with Gasteiger partial charge in [-0.1, -0.05) is 0 Å². The van der Waals surface area contributed by atoms with Crippen molar-refractivity contribution in [2.24, 2.45) is 0 Å². The van der Waals surface area contributed by atoms with Gasteiger partial charge in [-0.25, -0.2) is 4.57 Å². The molecule has 57 valence electrons. The van der Waals surface area contributed by atoms with Crippen molar-refractivity contribution in [3.8, 4) is 0 Å². The maximum absolute atomic E-state index is 8.88. The Hall–Kier alpha value is 1.85. The van der Waals surface area contributed by atoms with Crippen molar-refractivity contribution >= 4 is 47.2 Å². The second kappa shape index (κ2) is 8.85. The second-order valence-electron chi connectivity index (χ2n) is 0.513. The van der Waals surface area contributed by atoms with Gasteiger partial charge in [-0.05, 0) is 0 Å². The van der Waals surface area contributed by atoms with E-state index >= 15 is 0 Å². The van der Waals surface area contributed by atoms with Gasteiger partial charge in [0, 0.05) is 17.1 Å². The van der Waals surface area contributed by atoms with Gasteiger partial charge in [0.25, 0.3) is 0 Å². The summed E-state index contributed by atoms with van der Waals surface area (Å²) in [4.78, 5) is 21.6. The van der Waals surface area contributed by atoms with E-state index in [1.165, 1.54) is 0 Å². The average Bonchev–Trinajstić information content (AvgIpc) is 0.722. The van der Waals surface area contributed by atoms with Crippen LogP contribution < -0.4 is 0 Å². The minimum absolute atomic E-state index is 0. The fourth-order valence-corrected chi connectivity index (χ4v) is 0. The molecule has 0 fully saturated rings. The molecule has 0 saturated carbocycles. The first-order valence-electron chi connectivity index (χ1n) is 0.783. The van der Waals surface area contributed by atoms with Gasteiger partial charge in [0.2, 0.25) is 0 Å². The van der Waals surface area contributed by atoms with Crippen molar-refractivity contribution in [2.45, 2.75) is 0 Å². The number of rotatable bonds is 0. The monoisotopic (exact) mass is 313 g/mol. The molecule has 0 bridgehead atoms. The van der Waals surface area contributed by atoms with Crippen molar-refractivity contribution in [2.75, 3.05) is 0 Å². The molecule has 0 aromatic rings. The van der Waals surface area contributed by atoms with Gasteiger partial charge in [-0.2, -0.15) is 13.5 Å². The Morgan fingerprint density at radius 2 is 1.12 bits per heavy atom. The van der Waals surface area contributed by atoms with Crippen LogP contribution in [0.5, 0.6) is 0 Å². The van der Waals surface area contributed by atoms with Crippen LogP contribution in [0.4, 0.5) is 0 Å². The molecule has 0 aliphatic heterocycles. The first-order valence-corrected chi connectivity index (χ1v) is 2.35. The molecule has 0 aliphatic rings. The summed E-state index contributed by atoms with van der Waals surface area (Å²) in [5.41, 5.74) is 0. The van der Waals surface area contributed by atoms with Crippen LogP contribution in [0.3, 0.4) is 0 Å². The van der Waals surface area contributed by atoms with Gasteiger partial charge in [0.05, 0.1) is 0 Å². The predicted molar refractivity (Wildman–Crippen MR) is 34.6 cm³/mol. The third kappa shape index (κ3) is 108. The van der Waals surface area contributed by atoms with Crippen LogP contribution in [0, 0.1) is 0 Å². The summed E-state index contributed by atoms with van der Waals surface area (Å²) < 4.78 is 8.88. The van der Waals surface area contributed by atoms with Crippen LogP contribution in [0.2, 0.25) is 0 Å². The zero-order valence-electron chi connectivity index (χ0n) is 3.00. The van der Waals surface area contributed by atoms with E-state index in [0.717, 1.165) is 0 Å². The number of phosphoric acid groups is 1. The number of hydrogen-bond donors (Lipinski definition) is 3. The van der Waals surface area contributed by atoms with Gasteiger partial charge in [0.1, 0.15) is 0 Å². The Balaban J connectivity index is -0.0000000267. The molecule has 0 aromatic carbocycles. The molecule has 0 aromatic heterocycles. The fourth-order valence-electron chi connectivity index (χ4n) is 0. The standard InChI is InChI=1S/Cu.In.H3O4P.H2S.3H/c;;1-5(2,3)4;;;;/h;;(H3,1,2,3,4);1H2;;;. The molecule has 0 amide bonds.